The van der Waals surface area contributed by atoms with Crippen LogP contribution >= 0.6 is 0 Å². The fraction of sp³-hybridized carbons (Fsp3) is 0.0476. The Morgan fingerprint density at radius 2 is 1.88 bits per heavy atom. The van der Waals surface area contributed by atoms with Crippen LogP contribution in [0.4, 0.5) is 11.5 Å². The van der Waals surface area contributed by atoms with Crippen molar-refractivity contribution in [2.45, 2.75) is 6.92 Å². The van der Waals surface area contributed by atoms with Gasteiger partial charge in [-0.05, 0) is 55.5 Å². The number of nitrogens with two attached hydrogens (primary N) is 1. The smallest absolute Gasteiger partial charge is 0.259 e. The fourth-order valence-corrected chi connectivity index (χ4v) is 2.36. The standard InChI is InChI=1S/C21H17N3O2/c1-3-15-8-10-17(11-9-15)26-18-6-4-5-16(13-18)24-21(25)19-12-7-14(2)23-20(19)22/h1,4-13H,2H3,(H2,22,23)(H,24,25). The minimum Gasteiger partial charge on any atom is -0.457 e. The van der Waals surface area contributed by atoms with Gasteiger partial charge >= 0.3 is 0 Å². The Morgan fingerprint density at radius 1 is 1.12 bits per heavy atom. The Bertz CT molecular complexity index is 989. The molecule has 5 heteroatoms. The van der Waals surface area contributed by atoms with Crippen LogP contribution in [0.3, 0.4) is 0 Å². The third-order valence-electron chi connectivity index (χ3n) is 3.66. The van der Waals surface area contributed by atoms with Crippen LogP contribution in [-0.4, -0.2) is 10.9 Å². The lowest BCUT2D eigenvalue weighted by Gasteiger charge is -2.10. The van der Waals surface area contributed by atoms with Crippen LogP contribution in [0, 0.1) is 19.3 Å². The molecule has 3 N–H and O–H groups in total. The van der Waals surface area contributed by atoms with Gasteiger partial charge < -0.3 is 15.8 Å². The van der Waals surface area contributed by atoms with E-state index in [-0.39, 0.29) is 11.7 Å². The second-order valence-electron chi connectivity index (χ2n) is 5.64. The summed E-state index contributed by atoms with van der Waals surface area (Å²) in [5.74, 6) is 3.66. The predicted octanol–water partition coefficient (Wildman–Crippen LogP) is 4.00. The third-order valence-corrected chi connectivity index (χ3v) is 3.66. The Kier molecular flexibility index (Phi) is 4.86. The second kappa shape index (κ2) is 7.41. The van der Waals surface area contributed by atoms with Gasteiger partial charge in [-0.25, -0.2) is 4.98 Å². The van der Waals surface area contributed by atoms with Gasteiger partial charge in [-0.15, -0.1) is 6.42 Å². The van der Waals surface area contributed by atoms with Crippen LogP contribution < -0.4 is 15.8 Å². The lowest BCUT2D eigenvalue weighted by molar-refractivity contribution is 0.102. The second-order valence-corrected chi connectivity index (χ2v) is 5.64. The summed E-state index contributed by atoms with van der Waals surface area (Å²) in [6, 6.07) is 17.7. The number of benzene rings is 2. The minimum absolute atomic E-state index is 0.198. The van der Waals surface area contributed by atoms with Gasteiger partial charge in [0, 0.05) is 23.0 Å². The van der Waals surface area contributed by atoms with Crippen LogP contribution in [0.5, 0.6) is 11.5 Å². The lowest BCUT2D eigenvalue weighted by Crippen LogP contribution is -2.15. The van der Waals surface area contributed by atoms with E-state index in [4.69, 9.17) is 16.9 Å². The highest BCUT2D eigenvalue weighted by molar-refractivity contribution is 6.07. The number of anilines is 2. The molecule has 0 saturated carbocycles. The number of aromatic nitrogens is 1. The first-order chi connectivity index (χ1) is 12.5. The SMILES string of the molecule is C#Cc1ccc(Oc2cccc(NC(=O)c3ccc(C)nc3N)c2)cc1. The molecule has 26 heavy (non-hydrogen) atoms. The molecule has 5 nitrogen and oxygen atoms in total. The molecule has 0 radical (unpaired) electrons. The Balaban J connectivity index is 1.74. The third kappa shape index (κ3) is 4.00. The van der Waals surface area contributed by atoms with Crippen molar-refractivity contribution in [3.8, 4) is 23.8 Å². The van der Waals surface area contributed by atoms with E-state index >= 15 is 0 Å². The first-order valence-corrected chi connectivity index (χ1v) is 7.94. The Morgan fingerprint density at radius 3 is 2.58 bits per heavy atom. The molecule has 3 aromatic rings. The summed E-state index contributed by atoms with van der Waals surface area (Å²) in [4.78, 5) is 16.5. The molecule has 1 amide bonds. The number of nitrogens with one attached hydrogen (secondary N) is 1. The number of nitrogens with zero attached hydrogens (tertiary/aromatic N) is 1. The molecule has 0 aliphatic rings. The van der Waals surface area contributed by atoms with E-state index in [1.807, 2.05) is 6.92 Å². The predicted molar refractivity (Wildman–Crippen MR) is 102 cm³/mol. The van der Waals surface area contributed by atoms with Crippen LogP contribution in [0.2, 0.25) is 0 Å². The lowest BCUT2D eigenvalue weighted by atomic mass is 10.2. The summed E-state index contributed by atoms with van der Waals surface area (Å²) in [6.45, 7) is 1.81. The zero-order chi connectivity index (χ0) is 18.5. The number of aryl methyl sites for hydroxylation is 1. The molecule has 0 unspecified atom stereocenters. The summed E-state index contributed by atoms with van der Waals surface area (Å²) >= 11 is 0. The van der Waals surface area contributed by atoms with Crippen molar-refractivity contribution >= 4 is 17.4 Å². The van der Waals surface area contributed by atoms with Crippen molar-refractivity contribution in [3.05, 3.63) is 77.5 Å². The highest BCUT2D eigenvalue weighted by atomic mass is 16.5. The van der Waals surface area contributed by atoms with E-state index < -0.39 is 0 Å². The van der Waals surface area contributed by atoms with Crippen molar-refractivity contribution in [2.24, 2.45) is 0 Å². The van der Waals surface area contributed by atoms with E-state index in [1.165, 1.54) is 0 Å². The molecule has 0 atom stereocenters. The molecule has 1 aromatic heterocycles. The average molecular weight is 343 g/mol. The van der Waals surface area contributed by atoms with Crippen molar-refractivity contribution in [2.75, 3.05) is 11.1 Å². The molecular formula is C21H17N3O2. The maximum Gasteiger partial charge on any atom is 0.259 e. The maximum absolute atomic E-state index is 12.4. The minimum atomic E-state index is -0.328. The Labute approximate surface area is 151 Å². The first-order valence-electron chi connectivity index (χ1n) is 7.94. The number of rotatable bonds is 4. The topological polar surface area (TPSA) is 77.2 Å². The fourth-order valence-electron chi connectivity index (χ4n) is 2.36. The summed E-state index contributed by atoms with van der Waals surface area (Å²) in [7, 11) is 0. The van der Waals surface area contributed by atoms with Crippen LogP contribution in [0.1, 0.15) is 21.6 Å². The van der Waals surface area contributed by atoms with Gasteiger partial charge in [0.15, 0.2) is 0 Å². The summed E-state index contributed by atoms with van der Waals surface area (Å²) in [5.41, 5.74) is 8.27. The molecule has 0 aliphatic carbocycles. The molecule has 3 rings (SSSR count). The van der Waals surface area contributed by atoms with E-state index in [0.29, 0.717) is 22.7 Å². The van der Waals surface area contributed by atoms with E-state index in [2.05, 4.69) is 16.2 Å². The number of pyridine rings is 1. The van der Waals surface area contributed by atoms with Gasteiger partial charge in [-0.1, -0.05) is 12.0 Å². The van der Waals surface area contributed by atoms with Gasteiger partial charge in [0.05, 0.1) is 5.56 Å². The zero-order valence-corrected chi connectivity index (χ0v) is 14.2. The molecule has 0 bridgehead atoms. The van der Waals surface area contributed by atoms with Crippen molar-refractivity contribution in [3.63, 3.8) is 0 Å². The van der Waals surface area contributed by atoms with E-state index in [1.54, 1.807) is 60.7 Å². The molecule has 128 valence electrons. The number of nitrogen functional groups attached to an aromatic ring is 1. The van der Waals surface area contributed by atoms with Gasteiger partial charge in [0.2, 0.25) is 0 Å². The number of hydrogen-bond acceptors (Lipinski definition) is 4. The quantitative estimate of drug-likeness (QED) is 0.702. The number of ether oxygens (including phenoxy) is 1. The van der Waals surface area contributed by atoms with E-state index in [0.717, 1.165) is 11.3 Å². The molecule has 0 saturated heterocycles. The number of carbonyl (C=O) groups is 1. The van der Waals surface area contributed by atoms with Gasteiger partial charge in [0.25, 0.3) is 5.91 Å². The number of amides is 1. The maximum atomic E-state index is 12.4. The highest BCUT2D eigenvalue weighted by Crippen LogP contribution is 2.25. The largest absolute Gasteiger partial charge is 0.457 e. The van der Waals surface area contributed by atoms with Crippen LogP contribution in [0.25, 0.3) is 0 Å². The van der Waals surface area contributed by atoms with Crippen LogP contribution in [0.15, 0.2) is 60.7 Å². The molecule has 0 spiro atoms. The Hall–Kier alpha value is -3.78. The van der Waals surface area contributed by atoms with Gasteiger partial charge in [0.1, 0.15) is 17.3 Å². The first kappa shape index (κ1) is 17.1. The van der Waals surface area contributed by atoms with Crippen molar-refractivity contribution in [1.82, 2.24) is 4.98 Å². The average Bonchev–Trinajstić information content (AvgIpc) is 2.62. The zero-order valence-electron chi connectivity index (χ0n) is 14.2. The molecule has 1 heterocycles. The molecule has 2 aromatic carbocycles. The molecular weight excluding hydrogens is 326 g/mol. The molecule has 0 aliphatic heterocycles. The summed E-state index contributed by atoms with van der Waals surface area (Å²) < 4.78 is 5.79. The number of carbonyl (C=O) groups excluding carboxylic acids is 1. The summed E-state index contributed by atoms with van der Waals surface area (Å²) in [6.07, 6.45) is 5.34. The van der Waals surface area contributed by atoms with Crippen LogP contribution in [-0.2, 0) is 0 Å². The normalized spacial score (nSPS) is 10.0. The number of terminal acetylenes is 1. The van der Waals surface area contributed by atoms with Gasteiger partial charge in [-0.2, -0.15) is 0 Å². The summed E-state index contributed by atoms with van der Waals surface area (Å²) in [5, 5.41) is 2.80. The molecule has 0 fully saturated rings. The number of hydrogen-bond donors (Lipinski definition) is 2. The van der Waals surface area contributed by atoms with Crippen molar-refractivity contribution < 1.29 is 9.53 Å². The van der Waals surface area contributed by atoms with Gasteiger partial charge in [-0.3, -0.25) is 4.79 Å². The van der Waals surface area contributed by atoms with Crippen molar-refractivity contribution in [1.29, 1.82) is 0 Å². The highest BCUT2D eigenvalue weighted by Gasteiger charge is 2.11. The monoisotopic (exact) mass is 343 g/mol. The van der Waals surface area contributed by atoms with E-state index in [9.17, 15) is 4.79 Å².